The van der Waals surface area contributed by atoms with Crippen LogP contribution in [0.25, 0.3) is 0 Å². The van der Waals surface area contributed by atoms with E-state index >= 15 is 0 Å². The van der Waals surface area contributed by atoms with Crippen molar-refractivity contribution < 1.29 is 17.9 Å². The second kappa shape index (κ2) is 5.70. The van der Waals surface area contributed by atoms with E-state index in [9.17, 15) is 17.9 Å². The number of nitrogens with one attached hydrogen (secondary N) is 1. The fourth-order valence-electron chi connectivity index (χ4n) is 3.02. The first kappa shape index (κ1) is 16.1. The molecule has 0 saturated heterocycles. The monoisotopic (exact) mass is 335 g/mol. The zero-order valence-corrected chi connectivity index (χ0v) is 13.5. The fourth-order valence-corrected chi connectivity index (χ4v) is 4.36. The quantitative estimate of drug-likeness (QED) is 0.897. The lowest BCUT2D eigenvalue weighted by atomic mass is 10.0. The van der Waals surface area contributed by atoms with Gasteiger partial charge in [0.05, 0.1) is 10.5 Å². The molecule has 0 atom stereocenters. The predicted molar refractivity (Wildman–Crippen MR) is 85.1 cm³/mol. The van der Waals surface area contributed by atoms with E-state index in [0.717, 1.165) is 17.2 Å². The van der Waals surface area contributed by atoms with Crippen LogP contribution < -0.4 is 4.72 Å². The average molecular weight is 335 g/mol. The minimum absolute atomic E-state index is 0.0259. The third kappa shape index (κ3) is 3.29. The number of halogens is 1. The van der Waals surface area contributed by atoms with Gasteiger partial charge in [-0.1, -0.05) is 24.3 Å². The molecule has 0 amide bonds. The van der Waals surface area contributed by atoms with Gasteiger partial charge in [0.2, 0.25) is 10.0 Å². The van der Waals surface area contributed by atoms with Gasteiger partial charge < -0.3 is 5.11 Å². The number of sulfonamides is 1. The Morgan fingerprint density at radius 3 is 2.35 bits per heavy atom. The van der Waals surface area contributed by atoms with E-state index in [-0.39, 0.29) is 11.4 Å². The van der Waals surface area contributed by atoms with Crippen molar-refractivity contribution in [1.82, 2.24) is 4.72 Å². The number of benzene rings is 2. The SMILES string of the molecule is Cc1cc(F)ccc1S(=O)(=O)NCC1(O)Cc2ccccc2C1. The summed E-state index contributed by atoms with van der Waals surface area (Å²) in [6.07, 6.45) is 0.822. The van der Waals surface area contributed by atoms with Crippen LogP contribution in [0.1, 0.15) is 16.7 Å². The Bertz CT molecular complexity index is 824. The van der Waals surface area contributed by atoms with Crippen LogP contribution in [0.4, 0.5) is 4.39 Å². The number of hydrogen-bond donors (Lipinski definition) is 2. The van der Waals surface area contributed by atoms with Crippen molar-refractivity contribution in [3.05, 3.63) is 65.0 Å². The van der Waals surface area contributed by atoms with E-state index in [4.69, 9.17) is 0 Å². The molecular formula is C17H18FNO3S. The molecule has 0 unspecified atom stereocenters. The molecule has 0 fully saturated rings. The standard InChI is InChI=1S/C17H18FNO3S/c1-12-8-15(18)6-7-16(12)23(21,22)19-11-17(20)9-13-4-2-3-5-14(13)10-17/h2-8,19-20H,9-11H2,1H3. The van der Waals surface area contributed by atoms with Crippen LogP contribution in [0.3, 0.4) is 0 Å². The lowest BCUT2D eigenvalue weighted by molar-refractivity contribution is 0.0567. The maximum Gasteiger partial charge on any atom is 0.240 e. The highest BCUT2D eigenvalue weighted by Gasteiger charge is 2.36. The van der Waals surface area contributed by atoms with Gasteiger partial charge in [0.15, 0.2) is 0 Å². The maximum atomic E-state index is 13.1. The number of fused-ring (bicyclic) bond motifs is 1. The van der Waals surface area contributed by atoms with Crippen molar-refractivity contribution in [3.63, 3.8) is 0 Å². The summed E-state index contributed by atoms with van der Waals surface area (Å²) in [7, 11) is -3.80. The zero-order valence-electron chi connectivity index (χ0n) is 12.7. The van der Waals surface area contributed by atoms with Gasteiger partial charge in [-0.3, -0.25) is 0 Å². The van der Waals surface area contributed by atoms with Crippen LogP contribution in [0.15, 0.2) is 47.4 Å². The normalized spacial score (nSPS) is 16.3. The molecule has 122 valence electrons. The first-order valence-electron chi connectivity index (χ1n) is 7.34. The highest BCUT2D eigenvalue weighted by molar-refractivity contribution is 7.89. The minimum atomic E-state index is -3.80. The Balaban J connectivity index is 1.75. The van der Waals surface area contributed by atoms with Crippen molar-refractivity contribution in [2.75, 3.05) is 6.54 Å². The molecule has 0 spiro atoms. The Kier molecular flexibility index (Phi) is 4.00. The van der Waals surface area contributed by atoms with Crippen LogP contribution >= 0.6 is 0 Å². The van der Waals surface area contributed by atoms with Gasteiger partial charge in [-0.2, -0.15) is 0 Å². The van der Waals surface area contributed by atoms with Crippen LogP contribution in [0.5, 0.6) is 0 Å². The molecule has 0 radical (unpaired) electrons. The number of aliphatic hydroxyl groups is 1. The molecular weight excluding hydrogens is 317 g/mol. The summed E-state index contributed by atoms with van der Waals surface area (Å²) in [5.74, 6) is -0.480. The summed E-state index contributed by atoms with van der Waals surface area (Å²) in [4.78, 5) is 0.0259. The van der Waals surface area contributed by atoms with E-state index in [2.05, 4.69) is 4.72 Å². The summed E-state index contributed by atoms with van der Waals surface area (Å²) in [6.45, 7) is 1.46. The molecule has 2 aromatic carbocycles. The highest BCUT2D eigenvalue weighted by Crippen LogP contribution is 2.30. The van der Waals surface area contributed by atoms with Gasteiger partial charge in [0, 0.05) is 19.4 Å². The molecule has 23 heavy (non-hydrogen) atoms. The topological polar surface area (TPSA) is 66.4 Å². The van der Waals surface area contributed by atoms with Crippen molar-refractivity contribution in [2.45, 2.75) is 30.3 Å². The van der Waals surface area contributed by atoms with E-state index in [1.54, 1.807) is 0 Å². The Labute approximate surface area is 135 Å². The summed E-state index contributed by atoms with van der Waals surface area (Å²) in [5, 5.41) is 10.6. The average Bonchev–Trinajstić information content (AvgIpc) is 2.82. The summed E-state index contributed by atoms with van der Waals surface area (Å²) in [5.41, 5.74) is 1.27. The molecule has 4 nitrogen and oxygen atoms in total. The molecule has 1 aliphatic rings. The smallest absolute Gasteiger partial charge is 0.240 e. The molecule has 1 aliphatic carbocycles. The van der Waals surface area contributed by atoms with E-state index in [1.165, 1.54) is 19.1 Å². The van der Waals surface area contributed by atoms with Crippen molar-refractivity contribution in [1.29, 1.82) is 0 Å². The summed E-state index contributed by atoms with van der Waals surface area (Å²) in [6, 6.07) is 11.2. The molecule has 2 aromatic rings. The second-order valence-electron chi connectivity index (χ2n) is 6.08. The fraction of sp³-hybridized carbons (Fsp3) is 0.294. The lowest BCUT2D eigenvalue weighted by Gasteiger charge is -2.22. The van der Waals surface area contributed by atoms with Crippen molar-refractivity contribution >= 4 is 10.0 Å². The molecule has 0 heterocycles. The van der Waals surface area contributed by atoms with Crippen molar-refractivity contribution in [3.8, 4) is 0 Å². The summed E-state index contributed by atoms with van der Waals surface area (Å²) < 4.78 is 40.4. The van der Waals surface area contributed by atoms with Gasteiger partial charge in [-0.25, -0.2) is 17.5 Å². The molecule has 2 N–H and O–H groups in total. The van der Waals surface area contributed by atoms with Crippen LogP contribution in [-0.2, 0) is 22.9 Å². The molecule has 0 bridgehead atoms. The molecule has 3 rings (SSSR count). The van der Waals surface area contributed by atoms with Gasteiger partial charge in [0.25, 0.3) is 0 Å². The Hall–Kier alpha value is -1.76. The van der Waals surface area contributed by atoms with Crippen molar-refractivity contribution in [2.24, 2.45) is 0 Å². The molecule has 6 heteroatoms. The third-order valence-corrected chi connectivity index (χ3v) is 5.74. The second-order valence-corrected chi connectivity index (χ2v) is 7.82. The van der Waals surface area contributed by atoms with E-state index in [0.29, 0.717) is 18.4 Å². The molecule has 0 saturated carbocycles. The van der Waals surface area contributed by atoms with Crippen LogP contribution in [0, 0.1) is 12.7 Å². The van der Waals surface area contributed by atoms with Gasteiger partial charge in [-0.05, 0) is 41.8 Å². The van der Waals surface area contributed by atoms with Crippen LogP contribution in [0.2, 0.25) is 0 Å². The van der Waals surface area contributed by atoms with Gasteiger partial charge in [-0.15, -0.1) is 0 Å². The summed E-state index contributed by atoms with van der Waals surface area (Å²) >= 11 is 0. The largest absolute Gasteiger partial charge is 0.388 e. The lowest BCUT2D eigenvalue weighted by Crippen LogP contribution is -2.43. The molecule has 0 aliphatic heterocycles. The minimum Gasteiger partial charge on any atom is -0.388 e. The van der Waals surface area contributed by atoms with Gasteiger partial charge in [0.1, 0.15) is 5.82 Å². The number of aryl methyl sites for hydroxylation is 1. The highest BCUT2D eigenvalue weighted by atomic mass is 32.2. The maximum absolute atomic E-state index is 13.1. The van der Waals surface area contributed by atoms with E-state index < -0.39 is 21.4 Å². The van der Waals surface area contributed by atoms with E-state index in [1.807, 2.05) is 24.3 Å². The zero-order chi connectivity index (χ0) is 16.7. The third-order valence-electron chi connectivity index (χ3n) is 4.18. The number of rotatable bonds is 4. The number of hydrogen-bond acceptors (Lipinski definition) is 3. The first-order chi connectivity index (χ1) is 10.8. The van der Waals surface area contributed by atoms with Crippen LogP contribution in [-0.4, -0.2) is 25.7 Å². The Morgan fingerprint density at radius 1 is 1.17 bits per heavy atom. The van der Waals surface area contributed by atoms with Gasteiger partial charge >= 0.3 is 0 Å². The Morgan fingerprint density at radius 2 is 1.78 bits per heavy atom. The molecule has 0 aromatic heterocycles. The first-order valence-corrected chi connectivity index (χ1v) is 8.82. The predicted octanol–water partition coefficient (Wildman–Crippen LogP) is 1.94.